The van der Waals surface area contributed by atoms with E-state index in [0.717, 1.165) is 44.2 Å². The van der Waals surface area contributed by atoms with Crippen LogP contribution in [-0.2, 0) is 14.8 Å². The van der Waals surface area contributed by atoms with Gasteiger partial charge >= 0.3 is 0 Å². The van der Waals surface area contributed by atoms with Gasteiger partial charge in [-0.15, -0.1) is 0 Å². The Morgan fingerprint density at radius 1 is 1.10 bits per heavy atom. The molecule has 0 unspecified atom stereocenters. The van der Waals surface area contributed by atoms with Crippen molar-refractivity contribution in [3.63, 3.8) is 0 Å². The van der Waals surface area contributed by atoms with E-state index in [-0.39, 0.29) is 9.50 Å². The summed E-state index contributed by atoms with van der Waals surface area (Å²) < 4.78 is 42.7. The fourth-order valence-electron chi connectivity index (χ4n) is 3.08. The molecule has 170 valence electrons. The number of carbonyl (C=O) groups excluding carboxylic acids is 1. The Bertz CT molecular complexity index is 974. The molecule has 1 amide bonds. The van der Waals surface area contributed by atoms with Crippen LogP contribution in [-0.4, -0.2) is 20.4 Å². The van der Waals surface area contributed by atoms with E-state index >= 15 is 0 Å². The van der Waals surface area contributed by atoms with Crippen LogP contribution in [0.15, 0.2) is 51.8 Å². The summed E-state index contributed by atoms with van der Waals surface area (Å²) in [5.41, 5.74) is 0.556. The molecule has 31 heavy (non-hydrogen) atoms. The number of para-hydroxylation sites is 1. The van der Waals surface area contributed by atoms with E-state index in [0.29, 0.717) is 18.5 Å². The number of nitrogens with one attached hydrogen (secondary N) is 2. The lowest BCUT2D eigenvalue weighted by atomic mass is 10.1. The number of anilines is 1. The van der Waals surface area contributed by atoms with Crippen LogP contribution in [0.25, 0.3) is 0 Å². The highest BCUT2D eigenvalue weighted by atomic mass is 79.9. The Labute approximate surface area is 196 Å². The molecule has 0 heterocycles. The van der Waals surface area contributed by atoms with Gasteiger partial charge in [0.2, 0.25) is 15.9 Å². The third kappa shape index (κ3) is 8.18. The zero-order chi connectivity index (χ0) is 22.9. The lowest BCUT2D eigenvalue weighted by Gasteiger charge is -2.19. The van der Waals surface area contributed by atoms with Gasteiger partial charge in [0.1, 0.15) is 16.8 Å². The number of benzene rings is 2. The minimum atomic E-state index is -4.29. The zero-order valence-electron chi connectivity index (χ0n) is 17.3. The molecule has 9 heteroatoms. The van der Waals surface area contributed by atoms with Gasteiger partial charge in [-0.25, -0.2) is 12.8 Å². The van der Waals surface area contributed by atoms with Gasteiger partial charge in [-0.2, -0.15) is 4.72 Å². The van der Waals surface area contributed by atoms with Crippen LogP contribution in [0, 0.1) is 5.82 Å². The molecule has 0 aromatic heterocycles. The van der Waals surface area contributed by atoms with Crippen LogP contribution in [0.1, 0.15) is 51.9 Å². The molecule has 0 aliphatic rings. The van der Waals surface area contributed by atoms with Crippen molar-refractivity contribution in [1.29, 1.82) is 0 Å². The summed E-state index contributed by atoms with van der Waals surface area (Å²) in [5, 5.41) is 2.78. The summed E-state index contributed by atoms with van der Waals surface area (Å²) in [7, 11) is -4.29. The Hall–Kier alpha value is -1.48. The van der Waals surface area contributed by atoms with E-state index in [1.54, 1.807) is 24.3 Å². The predicted octanol–water partition coefficient (Wildman–Crippen LogP) is 6.28. The van der Waals surface area contributed by atoms with E-state index in [9.17, 15) is 17.6 Å². The average Bonchev–Trinajstić information content (AvgIpc) is 2.72. The van der Waals surface area contributed by atoms with Crippen molar-refractivity contribution < 1.29 is 17.6 Å². The molecule has 2 rings (SSSR count). The third-order valence-electron chi connectivity index (χ3n) is 4.77. The molecule has 0 saturated carbocycles. The second kappa shape index (κ2) is 12.5. The van der Waals surface area contributed by atoms with Crippen LogP contribution in [0.2, 0.25) is 5.02 Å². The lowest BCUT2D eigenvalue weighted by Crippen LogP contribution is -2.44. The molecule has 0 bridgehead atoms. The molecule has 0 fully saturated rings. The van der Waals surface area contributed by atoms with Gasteiger partial charge < -0.3 is 5.32 Å². The van der Waals surface area contributed by atoms with Gasteiger partial charge in [0.05, 0.1) is 5.02 Å². The third-order valence-corrected chi connectivity index (χ3v) is 7.45. The number of carbonyl (C=O) groups is 1. The summed E-state index contributed by atoms with van der Waals surface area (Å²) in [5.74, 6) is -1.47. The maximum atomic E-state index is 14.3. The van der Waals surface area contributed by atoms with Crippen molar-refractivity contribution in [2.45, 2.75) is 62.8 Å². The molecular formula is C22H27BrClFN2O3S. The number of unbranched alkanes of at least 4 members (excludes halogenated alkanes) is 5. The number of rotatable bonds is 12. The van der Waals surface area contributed by atoms with E-state index in [4.69, 9.17) is 11.6 Å². The van der Waals surface area contributed by atoms with Gasteiger partial charge in [0.25, 0.3) is 0 Å². The molecule has 0 spiro atoms. The monoisotopic (exact) mass is 532 g/mol. The molecule has 1 atom stereocenters. The summed E-state index contributed by atoms with van der Waals surface area (Å²) >= 11 is 8.95. The first-order chi connectivity index (χ1) is 14.7. The minimum Gasteiger partial charge on any atom is -0.325 e. The van der Waals surface area contributed by atoms with Crippen molar-refractivity contribution in [2.24, 2.45) is 0 Å². The second-order valence-corrected chi connectivity index (χ2v) is 10.2. The SMILES string of the molecule is CCCCCCCC[C@@H](NS(=O)(=O)c1cc(Br)c(Cl)cc1F)C(=O)Nc1ccccc1. The van der Waals surface area contributed by atoms with Crippen molar-refractivity contribution in [2.75, 3.05) is 5.32 Å². The number of hydrogen-bond donors (Lipinski definition) is 2. The van der Waals surface area contributed by atoms with Gasteiger partial charge in [0.15, 0.2) is 0 Å². The van der Waals surface area contributed by atoms with Crippen molar-refractivity contribution in [1.82, 2.24) is 4.72 Å². The quantitative estimate of drug-likeness (QED) is 0.249. The Balaban J connectivity index is 2.16. The Morgan fingerprint density at radius 3 is 2.42 bits per heavy atom. The van der Waals surface area contributed by atoms with Gasteiger partial charge in [-0.1, -0.05) is 75.2 Å². The molecule has 2 N–H and O–H groups in total. The molecule has 0 aliphatic carbocycles. The van der Waals surface area contributed by atoms with Crippen LogP contribution >= 0.6 is 27.5 Å². The Morgan fingerprint density at radius 2 is 1.74 bits per heavy atom. The molecule has 2 aromatic rings. The molecule has 0 aliphatic heterocycles. The maximum absolute atomic E-state index is 14.3. The smallest absolute Gasteiger partial charge is 0.244 e. The maximum Gasteiger partial charge on any atom is 0.244 e. The highest BCUT2D eigenvalue weighted by Gasteiger charge is 2.28. The highest BCUT2D eigenvalue weighted by molar-refractivity contribution is 9.10. The topological polar surface area (TPSA) is 75.3 Å². The number of amides is 1. The second-order valence-electron chi connectivity index (χ2n) is 7.28. The summed E-state index contributed by atoms with van der Waals surface area (Å²) in [6.45, 7) is 2.13. The zero-order valence-corrected chi connectivity index (χ0v) is 20.5. The number of hydrogen-bond acceptors (Lipinski definition) is 3. The normalized spacial score (nSPS) is 12.5. The molecule has 0 radical (unpaired) electrons. The first kappa shape index (κ1) is 25.8. The summed E-state index contributed by atoms with van der Waals surface area (Å²) in [6.07, 6.45) is 6.27. The molecular weight excluding hydrogens is 507 g/mol. The minimum absolute atomic E-state index is 0.0573. The lowest BCUT2D eigenvalue weighted by molar-refractivity contribution is -0.117. The summed E-state index contributed by atoms with van der Waals surface area (Å²) in [6, 6.07) is 9.75. The van der Waals surface area contributed by atoms with Crippen LogP contribution in [0.4, 0.5) is 10.1 Å². The number of sulfonamides is 1. The molecule has 0 saturated heterocycles. The van der Waals surface area contributed by atoms with E-state index < -0.39 is 32.7 Å². The number of halogens is 3. The van der Waals surface area contributed by atoms with E-state index in [1.807, 2.05) is 6.07 Å². The van der Waals surface area contributed by atoms with E-state index in [2.05, 4.69) is 32.9 Å². The fourth-order valence-corrected chi connectivity index (χ4v) is 5.04. The first-order valence-electron chi connectivity index (χ1n) is 10.3. The van der Waals surface area contributed by atoms with Crippen molar-refractivity contribution in [3.05, 3.63) is 57.8 Å². The van der Waals surface area contributed by atoms with Crippen molar-refractivity contribution in [3.8, 4) is 0 Å². The standard InChI is InChI=1S/C22H27BrClFN2O3S/c1-2-3-4-5-6-10-13-20(22(28)26-16-11-8-7-9-12-16)27-31(29,30)21-14-17(23)18(24)15-19(21)25/h7-9,11-12,14-15,20,27H,2-6,10,13H2,1H3,(H,26,28)/t20-/m1/s1. The Kier molecular flexibility index (Phi) is 10.4. The average molecular weight is 534 g/mol. The first-order valence-corrected chi connectivity index (χ1v) is 12.9. The molecule has 2 aromatic carbocycles. The fraction of sp³-hybridized carbons (Fsp3) is 0.409. The van der Waals surface area contributed by atoms with Crippen LogP contribution < -0.4 is 10.0 Å². The largest absolute Gasteiger partial charge is 0.325 e. The summed E-state index contributed by atoms with van der Waals surface area (Å²) in [4.78, 5) is 12.3. The predicted molar refractivity (Wildman–Crippen MR) is 126 cm³/mol. The van der Waals surface area contributed by atoms with Crippen LogP contribution in [0.3, 0.4) is 0 Å². The van der Waals surface area contributed by atoms with Gasteiger partial charge in [-0.3, -0.25) is 4.79 Å². The van der Waals surface area contributed by atoms with Gasteiger partial charge in [0, 0.05) is 10.2 Å². The van der Waals surface area contributed by atoms with Crippen molar-refractivity contribution >= 4 is 49.1 Å². The highest BCUT2D eigenvalue weighted by Crippen LogP contribution is 2.28. The van der Waals surface area contributed by atoms with Crippen LogP contribution in [0.5, 0.6) is 0 Å². The molecule has 5 nitrogen and oxygen atoms in total. The van der Waals surface area contributed by atoms with Gasteiger partial charge in [-0.05, 0) is 46.6 Å². The van der Waals surface area contributed by atoms with E-state index in [1.165, 1.54) is 0 Å².